The Hall–Kier alpha value is -2.94. The summed E-state index contributed by atoms with van der Waals surface area (Å²) in [7, 11) is 0. The van der Waals surface area contributed by atoms with Crippen LogP contribution in [0.15, 0.2) is 18.2 Å². The Kier molecular flexibility index (Phi) is 5.41. The minimum Gasteiger partial charge on any atom is -0.487 e. The maximum absolute atomic E-state index is 12.6. The molecule has 27 heavy (non-hydrogen) atoms. The molecule has 1 aromatic heterocycles. The topological polar surface area (TPSA) is 119 Å². The number of benzene rings is 1. The van der Waals surface area contributed by atoms with E-state index in [0.717, 1.165) is 35.8 Å². The molecule has 8 nitrogen and oxygen atoms in total. The van der Waals surface area contributed by atoms with Crippen LogP contribution in [0.1, 0.15) is 50.9 Å². The average molecular weight is 390 g/mol. The molecular formula is C18H18N2O6S. The highest BCUT2D eigenvalue weighted by atomic mass is 32.1. The highest BCUT2D eigenvalue weighted by Gasteiger charge is 2.27. The van der Waals surface area contributed by atoms with Crippen LogP contribution in [0.5, 0.6) is 5.75 Å². The molecule has 0 spiro atoms. The Labute approximate surface area is 158 Å². The zero-order valence-corrected chi connectivity index (χ0v) is 15.4. The van der Waals surface area contributed by atoms with Gasteiger partial charge in [-0.2, -0.15) is 0 Å². The average Bonchev–Trinajstić information content (AvgIpc) is 2.99. The quantitative estimate of drug-likeness (QED) is 0.571. The number of thiophene rings is 1. The standard InChI is InChI=1S/C18H18N2O6S/c1-2-26-13-8-7-10(9-12(13)20(24)25)16(21)19-17-15(18(22)23)11-5-3-4-6-14(11)27-17/h7-9H,2-6H2,1H3,(H,19,21)(H,22,23). The lowest BCUT2D eigenvalue weighted by Crippen LogP contribution is -2.14. The van der Waals surface area contributed by atoms with Gasteiger partial charge in [-0.3, -0.25) is 14.9 Å². The molecule has 0 saturated carbocycles. The molecule has 0 saturated heterocycles. The molecule has 0 atom stereocenters. The number of carbonyl (C=O) groups excluding carboxylic acids is 1. The van der Waals surface area contributed by atoms with Gasteiger partial charge in [0.1, 0.15) is 5.00 Å². The molecule has 1 aliphatic carbocycles. The van der Waals surface area contributed by atoms with E-state index in [1.54, 1.807) is 6.92 Å². The summed E-state index contributed by atoms with van der Waals surface area (Å²) >= 11 is 1.26. The lowest BCUT2D eigenvalue weighted by atomic mass is 9.95. The van der Waals surface area contributed by atoms with Gasteiger partial charge in [-0.1, -0.05) is 0 Å². The van der Waals surface area contributed by atoms with Crippen LogP contribution in [0.4, 0.5) is 10.7 Å². The van der Waals surface area contributed by atoms with Crippen LogP contribution in [0.25, 0.3) is 0 Å². The zero-order valence-electron chi connectivity index (χ0n) is 14.6. The molecule has 0 aliphatic heterocycles. The Balaban J connectivity index is 1.92. The van der Waals surface area contributed by atoms with Gasteiger partial charge in [-0.15, -0.1) is 11.3 Å². The van der Waals surface area contributed by atoms with E-state index in [4.69, 9.17) is 4.74 Å². The van der Waals surface area contributed by atoms with Crippen LogP contribution in [-0.4, -0.2) is 28.5 Å². The molecule has 9 heteroatoms. The van der Waals surface area contributed by atoms with Crippen molar-refractivity contribution in [3.63, 3.8) is 0 Å². The van der Waals surface area contributed by atoms with Crippen molar-refractivity contribution in [3.8, 4) is 5.75 Å². The number of carbonyl (C=O) groups is 2. The van der Waals surface area contributed by atoms with Gasteiger partial charge >= 0.3 is 11.7 Å². The van der Waals surface area contributed by atoms with Gasteiger partial charge < -0.3 is 15.2 Å². The fourth-order valence-corrected chi connectivity index (χ4v) is 4.41. The number of carboxylic acids is 1. The summed E-state index contributed by atoms with van der Waals surface area (Å²) in [5.41, 5.74) is 0.663. The van der Waals surface area contributed by atoms with Gasteiger partial charge in [0, 0.05) is 16.5 Å². The third-order valence-electron chi connectivity index (χ3n) is 4.33. The summed E-state index contributed by atoms with van der Waals surface area (Å²) in [6, 6.07) is 3.92. The third kappa shape index (κ3) is 3.77. The number of anilines is 1. The first-order chi connectivity index (χ1) is 12.9. The van der Waals surface area contributed by atoms with Crippen molar-refractivity contribution in [1.82, 2.24) is 0 Å². The van der Waals surface area contributed by atoms with Crippen LogP contribution < -0.4 is 10.1 Å². The first kappa shape index (κ1) is 18.8. The highest BCUT2D eigenvalue weighted by molar-refractivity contribution is 7.17. The molecule has 0 bridgehead atoms. The number of fused-ring (bicyclic) bond motifs is 1. The van der Waals surface area contributed by atoms with Gasteiger partial charge in [0.2, 0.25) is 0 Å². The molecule has 1 heterocycles. The van der Waals surface area contributed by atoms with Gasteiger partial charge in [0.15, 0.2) is 5.75 Å². The van der Waals surface area contributed by atoms with Crippen molar-refractivity contribution in [3.05, 3.63) is 49.9 Å². The molecule has 0 radical (unpaired) electrons. The molecule has 1 aliphatic rings. The molecule has 3 rings (SSSR count). The van der Waals surface area contributed by atoms with E-state index < -0.39 is 16.8 Å². The molecule has 0 fully saturated rings. The summed E-state index contributed by atoms with van der Waals surface area (Å²) in [6.07, 6.45) is 3.38. The van der Waals surface area contributed by atoms with Crippen LogP contribution in [0.3, 0.4) is 0 Å². The Morgan fingerprint density at radius 2 is 2.07 bits per heavy atom. The van der Waals surface area contributed by atoms with E-state index in [-0.39, 0.29) is 34.2 Å². The second-order valence-corrected chi connectivity index (χ2v) is 7.15. The number of nitrogens with zero attached hydrogens (tertiary/aromatic N) is 1. The smallest absolute Gasteiger partial charge is 0.339 e. The molecule has 2 N–H and O–H groups in total. The number of hydrogen-bond acceptors (Lipinski definition) is 6. The van der Waals surface area contributed by atoms with Gasteiger partial charge in [-0.05, 0) is 50.3 Å². The summed E-state index contributed by atoms with van der Waals surface area (Å²) in [4.78, 5) is 35.9. The Morgan fingerprint density at radius 3 is 2.74 bits per heavy atom. The first-order valence-electron chi connectivity index (χ1n) is 8.52. The van der Waals surface area contributed by atoms with E-state index in [1.165, 1.54) is 23.5 Å². The maximum atomic E-state index is 12.6. The van der Waals surface area contributed by atoms with E-state index in [2.05, 4.69) is 5.32 Å². The second kappa shape index (κ2) is 7.75. The Bertz CT molecular complexity index is 921. The maximum Gasteiger partial charge on any atom is 0.339 e. The van der Waals surface area contributed by atoms with Crippen LogP contribution in [0, 0.1) is 10.1 Å². The van der Waals surface area contributed by atoms with Gasteiger partial charge in [-0.25, -0.2) is 4.79 Å². The summed E-state index contributed by atoms with van der Waals surface area (Å²) in [6.45, 7) is 1.96. The number of amides is 1. The lowest BCUT2D eigenvalue weighted by molar-refractivity contribution is -0.385. The van der Waals surface area contributed by atoms with Crippen molar-refractivity contribution in [2.45, 2.75) is 32.6 Å². The van der Waals surface area contributed by atoms with E-state index in [1.807, 2.05) is 0 Å². The van der Waals surface area contributed by atoms with Crippen molar-refractivity contribution in [1.29, 1.82) is 0 Å². The highest BCUT2D eigenvalue weighted by Crippen LogP contribution is 2.38. The number of nitro benzene ring substituents is 1. The minimum atomic E-state index is -1.08. The van der Waals surface area contributed by atoms with Crippen molar-refractivity contribution in [2.75, 3.05) is 11.9 Å². The van der Waals surface area contributed by atoms with Crippen molar-refractivity contribution >= 4 is 33.9 Å². The predicted molar refractivity (Wildman–Crippen MR) is 100 cm³/mol. The largest absolute Gasteiger partial charge is 0.487 e. The molecular weight excluding hydrogens is 372 g/mol. The van der Waals surface area contributed by atoms with E-state index in [0.29, 0.717) is 6.42 Å². The van der Waals surface area contributed by atoms with Crippen molar-refractivity contribution < 1.29 is 24.4 Å². The monoisotopic (exact) mass is 390 g/mol. The predicted octanol–water partition coefficient (Wildman–Crippen LogP) is 3.88. The number of rotatable bonds is 6. The van der Waals surface area contributed by atoms with Crippen LogP contribution in [-0.2, 0) is 12.8 Å². The summed E-state index contributed by atoms with van der Waals surface area (Å²) in [5, 5.41) is 23.7. The molecule has 2 aromatic rings. The van der Waals surface area contributed by atoms with Crippen LogP contribution >= 0.6 is 11.3 Å². The number of carboxylic acid groups (broad SMARTS) is 1. The first-order valence-corrected chi connectivity index (χ1v) is 9.34. The third-order valence-corrected chi connectivity index (χ3v) is 5.54. The number of nitrogens with one attached hydrogen (secondary N) is 1. The number of aryl methyl sites for hydroxylation is 1. The van der Waals surface area contributed by atoms with Gasteiger partial charge in [0.25, 0.3) is 5.91 Å². The molecule has 1 aromatic carbocycles. The van der Waals surface area contributed by atoms with Crippen molar-refractivity contribution in [2.24, 2.45) is 0 Å². The Morgan fingerprint density at radius 1 is 1.33 bits per heavy atom. The molecule has 0 unspecified atom stereocenters. The number of hydrogen-bond donors (Lipinski definition) is 2. The normalized spacial score (nSPS) is 12.9. The second-order valence-electron chi connectivity index (χ2n) is 6.05. The van der Waals surface area contributed by atoms with E-state index in [9.17, 15) is 24.8 Å². The number of ether oxygens (including phenoxy) is 1. The zero-order chi connectivity index (χ0) is 19.6. The van der Waals surface area contributed by atoms with Crippen LogP contribution in [0.2, 0.25) is 0 Å². The summed E-state index contributed by atoms with van der Waals surface area (Å²) < 4.78 is 5.21. The SMILES string of the molecule is CCOc1ccc(C(=O)Nc2sc3c(c2C(=O)O)CCCC3)cc1[N+](=O)[O-]. The summed E-state index contributed by atoms with van der Waals surface area (Å²) in [5.74, 6) is -1.60. The molecule has 1 amide bonds. The van der Waals surface area contributed by atoms with E-state index >= 15 is 0 Å². The minimum absolute atomic E-state index is 0.0628. The number of nitro groups is 1. The van der Waals surface area contributed by atoms with Gasteiger partial charge in [0.05, 0.1) is 17.1 Å². The fraction of sp³-hybridized carbons (Fsp3) is 0.333. The lowest BCUT2D eigenvalue weighted by Gasteiger charge is -2.10. The fourth-order valence-electron chi connectivity index (χ4n) is 3.13. The molecule has 142 valence electrons. The number of aromatic carboxylic acids is 1.